The van der Waals surface area contributed by atoms with E-state index in [4.69, 9.17) is 5.73 Å². The third-order valence-electron chi connectivity index (χ3n) is 4.65. The largest absolute Gasteiger partial charge is 0.399 e. The zero-order valence-electron chi connectivity index (χ0n) is 13.7. The molecule has 1 atom stereocenters. The summed E-state index contributed by atoms with van der Waals surface area (Å²) in [5.74, 6) is 0.0371. The number of hydrogen-bond donors (Lipinski definition) is 1. The Balaban J connectivity index is 1.95. The van der Waals surface area contributed by atoms with Crippen LogP contribution in [-0.4, -0.2) is 30.9 Å². The van der Waals surface area contributed by atoms with Crippen molar-refractivity contribution in [1.82, 2.24) is 4.90 Å². The summed E-state index contributed by atoms with van der Waals surface area (Å²) in [6.07, 6.45) is 0.946. The van der Waals surface area contributed by atoms with Gasteiger partial charge in [-0.1, -0.05) is 25.1 Å². The molecule has 0 fully saturated rings. The Morgan fingerprint density at radius 3 is 2.61 bits per heavy atom. The van der Waals surface area contributed by atoms with E-state index in [0.29, 0.717) is 17.3 Å². The number of rotatable bonds is 3. The molecule has 4 nitrogen and oxygen atoms in total. The summed E-state index contributed by atoms with van der Waals surface area (Å²) >= 11 is 0. The van der Waals surface area contributed by atoms with Gasteiger partial charge in [0, 0.05) is 29.5 Å². The summed E-state index contributed by atoms with van der Waals surface area (Å²) in [6, 6.07) is 15.7. The maximum Gasteiger partial charge on any atom is 0.258 e. The zero-order chi connectivity index (χ0) is 16.4. The quantitative estimate of drug-likeness (QED) is 0.885. The van der Waals surface area contributed by atoms with Gasteiger partial charge in [0.25, 0.3) is 5.91 Å². The number of nitrogens with zero attached hydrogens (tertiary/aromatic N) is 2. The fourth-order valence-corrected chi connectivity index (χ4v) is 3.21. The molecule has 120 valence electrons. The molecule has 2 N–H and O–H groups in total. The first-order chi connectivity index (χ1) is 11.1. The molecule has 1 aliphatic rings. The molecule has 0 aliphatic carbocycles. The van der Waals surface area contributed by atoms with Gasteiger partial charge in [-0.05, 0) is 55.9 Å². The number of amides is 1. The molecular formula is C19H23N3O. The number of anilines is 2. The monoisotopic (exact) mass is 309 g/mol. The lowest BCUT2D eigenvalue weighted by molar-refractivity contribution is 0.0979. The highest BCUT2D eigenvalue weighted by Gasteiger charge is 2.30. The van der Waals surface area contributed by atoms with Gasteiger partial charge in [0.1, 0.15) is 0 Å². The van der Waals surface area contributed by atoms with Gasteiger partial charge in [-0.25, -0.2) is 0 Å². The third kappa shape index (κ3) is 2.94. The highest BCUT2D eigenvalue weighted by atomic mass is 16.2. The van der Waals surface area contributed by atoms with Crippen molar-refractivity contribution in [2.45, 2.75) is 19.4 Å². The summed E-state index contributed by atoms with van der Waals surface area (Å²) in [5, 5.41) is 0. The van der Waals surface area contributed by atoms with Crippen LogP contribution in [0.15, 0.2) is 48.5 Å². The number of benzene rings is 2. The standard InChI is InChI=1S/C19H23N3O/c1-3-21(2)17-12-13-22(18-7-5-4-6-16(17)18)19(23)14-8-10-15(20)11-9-14/h4-11,17H,3,12-13,20H2,1-2H3. The van der Waals surface area contributed by atoms with Gasteiger partial charge in [-0.15, -0.1) is 0 Å². The minimum absolute atomic E-state index is 0.0371. The molecule has 3 rings (SSSR count). The van der Waals surface area contributed by atoms with Crippen LogP contribution in [0.4, 0.5) is 11.4 Å². The van der Waals surface area contributed by atoms with E-state index in [2.05, 4.69) is 24.9 Å². The van der Waals surface area contributed by atoms with Gasteiger partial charge in [-0.2, -0.15) is 0 Å². The van der Waals surface area contributed by atoms with Crippen LogP contribution in [0.2, 0.25) is 0 Å². The molecule has 4 heteroatoms. The first kappa shape index (κ1) is 15.6. The lowest BCUT2D eigenvalue weighted by atomic mass is 9.94. The summed E-state index contributed by atoms with van der Waals surface area (Å²) in [4.78, 5) is 17.1. The minimum atomic E-state index is 0.0371. The molecule has 0 bridgehead atoms. The second kappa shape index (κ2) is 6.42. The maximum atomic E-state index is 12.9. The number of carbonyl (C=O) groups is 1. The van der Waals surface area contributed by atoms with Gasteiger partial charge in [0.15, 0.2) is 0 Å². The van der Waals surface area contributed by atoms with Crippen LogP contribution in [0.5, 0.6) is 0 Å². The molecule has 2 aromatic carbocycles. The second-order valence-corrected chi connectivity index (χ2v) is 6.02. The van der Waals surface area contributed by atoms with Crippen LogP contribution in [0, 0.1) is 0 Å². The lowest BCUT2D eigenvalue weighted by Gasteiger charge is -2.38. The van der Waals surface area contributed by atoms with Crippen LogP contribution in [0.1, 0.15) is 35.3 Å². The molecule has 0 saturated heterocycles. The number of fused-ring (bicyclic) bond motifs is 1. The van der Waals surface area contributed by atoms with Crippen molar-refractivity contribution < 1.29 is 4.79 Å². The van der Waals surface area contributed by atoms with Crippen LogP contribution in [-0.2, 0) is 0 Å². The molecule has 1 heterocycles. The first-order valence-corrected chi connectivity index (χ1v) is 8.08. The Kier molecular flexibility index (Phi) is 4.35. The van der Waals surface area contributed by atoms with Gasteiger partial charge in [0.05, 0.1) is 0 Å². The third-order valence-corrected chi connectivity index (χ3v) is 4.65. The van der Waals surface area contributed by atoms with Crippen LogP contribution in [0.25, 0.3) is 0 Å². The van der Waals surface area contributed by atoms with Crippen molar-refractivity contribution in [3.63, 3.8) is 0 Å². The fourth-order valence-electron chi connectivity index (χ4n) is 3.21. The summed E-state index contributed by atoms with van der Waals surface area (Å²) in [6.45, 7) is 3.88. The average molecular weight is 309 g/mol. The van der Waals surface area contributed by atoms with Crippen molar-refractivity contribution in [3.05, 3.63) is 59.7 Å². The van der Waals surface area contributed by atoms with Gasteiger partial charge < -0.3 is 10.6 Å². The second-order valence-electron chi connectivity index (χ2n) is 6.02. The first-order valence-electron chi connectivity index (χ1n) is 8.08. The summed E-state index contributed by atoms with van der Waals surface area (Å²) in [5.41, 5.74) is 9.31. The predicted octanol–water partition coefficient (Wildman–Crippen LogP) is 3.31. The Hall–Kier alpha value is -2.33. The molecule has 0 radical (unpaired) electrons. The summed E-state index contributed by atoms with van der Waals surface area (Å²) < 4.78 is 0. The number of carbonyl (C=O) groups excluding carboxylic acids is 1. The molecule has 0 spiro atoms. The van der Waals surface area contributed by atoms with Gasteiger partial charge >= 0.3 is 0 Å². The number of nitrogens with two attached hydrogens (primary N) is 1. The molecule has 23 heavy (non-hydrogen) atoms. The molecular weight excluding hydrogens is 286 g/mol. The van der Waals surface area contributed by atoms with Crippen LogP contribution >= 0.6 is 0 Å². The Morgan fingerprint density at radius 1 is 1.22 bits per heavy atom. The molecule has 1 amide bonds. The van der Waals surface area contributed by atoms with E-state index >= 15 is 0 Å². The van der Waals surface area contributed by atoms with E-state index in [1.807, 2.05) is 23.1 Å². The Bertz CT molecular complexity index is 696. The number of hydrogen-bond acceptors (Lipinski definition) is 3. The SMILES string of the molecule is CCN(C)C1CCN(C(=O)c2ccc(N)cc2)c2ccccc21. The topological polar surface area (TPSA) is 49.6 Å². The smallest absolute Gasteiger partial charge is 0.258 e. The van der Waals surface area contributed by atoms with E-state index in [9.17, 15) is 4.79 Å². The van der Waals surface area contributed by atoms with Gasteiger partial charge in [-0.3, -0.25) is 9.69 Å². The number of nitrogen functional groups attached to an aromatic ring is 1. The highest BCUT2D eigenvalue weighted by molar-refractivity contribution is 6.07. The van der Waals surface area contributed by atoms with E-state index < -0.39 is 0 Å². The molecule has 2 aromatic rings. The average Bonchev–Trinajstić information content (AvgIpc) is 2.60. The summed E-state index contributed by atoms with van der Waals surface area (Å²) in [7, 11) is 2.14. The normalized spacial score (nSPS) is 17.2. The predicted molar refractivity (Wildman–Crippen MR) is 94.6 cm³/mol. The van der Waals surface area contributed by atoms with Crippen LogP contribution in [0.3, 0.4) is 0 Å². The Morgan fingerprint density at radius 2 is 1.91 bits per heavy atom. The van der Waals surface area contributed by atoms with Gasteiger partial charge in [0.2, 0.25) is 0 Å². The van der Waals surface area contributed by atoms with Crippen molar-refractivity contribution in [2.75, 3.05) is 30.8 Å². The zero-order valence-corrected chi connectivity index (χ0v) is 13.7. The molecule has 0 saturated carbocycles. The van der Waals surface area contributed by atoms with Crippen molar-refractivity contribution in [2.24, 2.45) is 0 Å². The molecule has 1 unspecified atom stereocenters. The Labute approximate surface area is 137 Å². The van der Waals surface area contributed by atoms with E-state index in [0.717, 1.165) is 25.2 Å². The van der Waals surface area contributed by atoms with Crippen molar-refractivity contribution in [1.29, 1.82) is 0 Å². The maximum absolute atomic E-state index is 12.9. The fraction of sp³-hybridized carbons (Fsp3) is 0.316. The molecule has 0 aromatic heterocycles. The number of para-hydroxylation sites is 1. The van der Waals surface area contributed by atoms with Crippen molar-refractivity contribution >= 4 is 17.3 Å². The van der Waals surface area contributed by atoms with E-state index in [-0.39, 0.29) is 5.91 Å². The van der Waals surface area contributed by atoms with Crippen molar-refractivity contribution in [3.8, 4) is 0 Å². The molecule has 1 aliphatic heterocycles. The van der Waals surface area contributed by atoms with E-state index in [1.54, 1.807) is 24.3 Å². The minimum Gasteiger partial charge on any atom is -0.399 e. The highest BCUT2D eigenvalue weighted by Crippen LogP contribution is 2.37. The lowest BCUT2D eigenvalue weighted by Crippen LogP contribution is -2.40. The van der Waals surface area contributed by atoms with Crippen LogP contribution < -0.4 is 10.6 Å². The van der Waals surface area contributed by atoms with E-state index in [1.165, 1.54) is 5.56 Å².